The molecule has 1 heterocycles. The second kappa shape index (κ2) is 7.60. The molecule has 1 aliphatic rings. The van der Waals surface area contributed by atoms with E-state index >= 15 is 0 Å². The number of nitrogens with zero attached hydrogens (tertiary/aromatic N) is 1. The summed E-state index contributed by atoms with van der Waals surface area (Å²) in [6, 6.07) is 0. The monoisotopic (exact) mass is 231 g/mol. The van der Waals surface area contributed by atoms with Gasteiger partial charge in [0.25, 0.3) is 0 Å². The van der Waals surface area contributed by atoms with Crippen LogP contribution >= 0.6 is 0 Å². The molecular weight excluding hydrogens is 210 g/mol. The van der Waals surface area contributed by atoms with Crippen LogP contribution in [0.3, 0.4) is 0 Å². The second-order valence-electron chi connectivity index (χ2n) is 3.84. The Morgan fingerprint density at radius 2 is 2.12 bits per heavy atom. The number of carbonyl (C=O) groups excluding carboxylic acids is 1. The first-order valence-corrected chi connectivity index (χ1v) is 5.82. The van der Waals surface area contributed by atoms with Gasteiger partial charge in [0, 0.05) is 13.1 Å². The van der Waals surface area contributed by atoms with Crippen LogP contribution in [0.5, 0.6) is 0 Å². The normalized spacial score (nSPS) is 19.4. The summed E-state index contributed by atoms with van der Waals surface area (Å²) in [6.45, 7) is 7.80. The van der Waals surface area contributed by atoms with E-state index in [0.29, 0.717) is 13.3 Å². The predicted octanol–water partition coefficient (Wildman–Crippen LogP) is 0.634. The zero-order valence-corrected chi connectivity index (χ0v) is 10.1. The number of morpholine rings is 1. The minimum Gasteiger partial charge on any atom is -0.464 e. The molecule has 1 saturated heterocycles. The van der Waals surface area contributed by atoms with Gasteiger partial charge in [-0.15, -0.1) is 0 Å². The van der Waals surface area contributed by atoms with Crippen LogP contribution in [0.15, 0.2) is 0 Å². The maximum absolute atomic E-state index is 11.4. The van der Waals surface area contributed by atoms with Crippen molar-refractivity contribution in [3.8, 4) is 0 Å². The van der Waals surface area contributed by atoms with Gasteiger partial charge in [-0.25, -0.2) is 4.79 Å². The first kappa shape index (κ1) is 13.4. The number of hydrogen-bond acceptors (Lipinski definition) is 5. The van der Waals surface area contributed by atoms with Crippen molar-refractivity contribution < 1.29 is 19.0 Å². The quantitative estimate of drug-likeness (QED) is 0.628. The van der Waals surface area contributed by atoms with Crippen LogP contribution in [0.1, 0.15) is 20.3 Å². The molecule has 1 rings (SSSR count). The van der Waals surface area contributed by atoms with Crippen molar-refractivity contribution in [1.29, 1.82) is 0 Å². The highest BCUT2D eigenvalue weighted by Crippen LogP contribution is 2.01. The Labute approximate surface area is 96.6 Å². The lowest BCUT2D eigenvalue weighted by atomic mass is 10.4. The fourth-order valence-electron chi connectivity index (χ4n) is 1.34. The standard InChI is InChI=1S/C11H21NO4/c1-3-6-15-11(13)10(2)16-9-12-4-7-14-8-5-12/h10H,3-9H2,1-2H3. The number of hydrogen-bond donors (Lipinski definition) is 0. The summed E-state index contributed by atoms with van der Waals surface area (Å²) in [4.78, 5) is 13.5. The number of esters is 1. The summed E-state index contributed by atoms with van der Waals surface area (Å²) in [5.41, 5.74) is 0. The van der Waals surface area contributed by atoms with E-state index in [1.165, 1.54) is 0 Å². The Balaban J connectivity index is 2.12. The highest BCUT2D eigenvalue weighted by atomic mass is 16.6. The summed E-state index contributed by atoms with van der Waals surface area (Å²) < 4.78 is 15.6. The molecule has 5 heteroatoms. The molecule has 5 nitrogen and oxygen atoms in total. The summed E-state index contributed by atoms with van der Waals surface area (Å²) in [5, 5.41) is 0. The summed E-state index contributed by atoms with van der Waals surface area (Å²) in [7, 11) is 0. The van der Waals surface area contributed by atoms with Crippen molar-refractivity contribution in [1.82, 2.24) is 4.90 Å². The molecule has 0 N–H and O–H groups in total. The highest BCUT2D eigenvalue weighted by molar-refractivity contribution is 5.74. The third-order valence-corrected chi connectivity index (χ3v) is 2.39. The average Bonchev–Trinajstić information content (AvgIpc) is 2.34. The molecule has 16 heavy (non-hydrogen) atoms. The Bertz CT molecular complexity index is 204. The fourth-order valence-corrected chi connectivity index (χ4v) is 1.34. The molecule has 0 saturated carbocycles. The van der Waals surface area contributed by atoms with Crippen molar-refractivity contribution >= 4 is 5.97 Å². The van der Waals surface area contributed by atoms with Crippen LogP contribution in [-0.4, -0.2) is 56.6 Å². The first-order chi connectivity index (χ1) is 7.74. The molecule has 94 valence electrons. The van der Waals surface area contributed by atoms with Crippen LogP contribution in [0.25, 0.3) is 0 Å². The van der Waals surface area contributed by atoms with Gasteiger partial charge in [-0.3, -0.25) is 4.90 Å². The zero-order valence-electron chi connectivity index (χ0n) is 10.1. The lowest BCUT2D eigenvalue weighted by Crippen LogP contribution is -2.39. The maximum atomic E-state index is 11.4. The average molecular weight is 231 g/mol. The first-order valence-electron chi connectivity index (χ1n) is 5.82. The Kier molecular flexibility index (Phi) is 6.37. The summed E-state index contributed by atoms with van der Waals surface area (Å²) in [6.07, 6.45) is 0.344. The molecule has 1 atom stereocenters. The molecule has 0 aromatic carbocycles. The van der Waals surface area contributed by atoms with Crippen LogP contribution in [0.4, 0.5) is 0 Å². The number of carbonyl (C=O) groups is 1. The van der Waals surface area contributed by atoms with Gasteiger partial charge in [0.2, 0.25) is 0 Å². The van der Waals surface area contributed by atoms with E-state index in [2.05, 4.69) is 4.90 Å². The van der Waals surface area contributed by atoms with E-state index in [1.54, 1.807) is 6.92 Å². The SMILES string of the molecule is CCCOC(=O)C(C)OCN1CCOCC1. The van der Waals surface area contributed by atoms with Gasteiger partial charge < -0.3 is 14.2 Å². The van der Waals surface area contributed by atoms with Crippen LogP contribution in [0.2, 0.25) is 0 Å². The van der Waals surface area contributed by atoms with Gasteiger partial charge in [-0.1, -0.05) is 6.92 Å². The molecule has 0 amide bonds. The minimum absolute atomic E-state index is 0.282. The van der Waals surface area contributed by atoms with Crippen LogP contribution in [-0.2, 0) is 19.0 Å². The molecule has 0 aromatic heterocycles. The predicted molar refractivity (Wildman–Crippen MR) is 59.1 cm³/mol. The second-order valence-corrected chi connectivity index (χ2v) is 3.84. The maximum Gasteiger partial charge on any atom is 0.335 e. The van der Waals surface area contributed by atoms with Crippen molar-refractivity contribution in [2.45, 2.75) is 26.4 Å². The third kappa shape index (κ3) is 4.92. The Hall–Kier alpha value is -0.650. The molecule has 1 fully saturated rings. The lowest BCUT2D eigenvalue weighted by Gasteiger charge is -2.27. The van der Waals surface area contributed by atoms with E-state index in [0.717, 1.165) is 32.7 Å². The van der Waals surface area contributed by atoms with Crippen molar-refractivity contribution in [3.63, 3.8) is 0 Å². The number of ether oxygens (including phenoxy) is 3. The molecule has 0 aliphatic carbocycles. The topological polar surface area (TPSA) is 48.0 Å². The van der Waals surface area contributed by atoms with Gasteiger partial charge in [0.1, 0.15) is 6.73 Å². The zero-order chi connectivity index (χ0) is 11.8. The van der Waals surface area contributed by atoms with E-state index in [9.17, 15) is 4.79 Å². The van der Waals surface area contributed by atoms with E-state index in [-0.39, 0.29) is 5.97 Å². The van der Waals surface area contributed by atoms with E-state index in [1.807, 2.05) is 6.92 Å². The van der Waals surface area contributed by atoms with Crippen molar-refractivity contribution in [2.24, 2.45) is 0 Å². The lowest BCUT2D eigenvalue weighted by molar-refractivity contribution is -0.160. The van der Waals surface area contributed by atoms with Gasteiger partial charge in [-0.05, 0) is 13.3 Å². The van der Waals surface area contributed by atoms with Gasteiger partial charge in [0.15, 0.2) is 6.10 Å². The summed E-state index contributed by atoms with van der Waals surface area (Å²) in [5.74, 6) is -0.282. The van der Waals surface area contributed by atoms with Crippen LogP contribution < -0.4 is 0 Å². The smallest absolute Gasteiger partial charge is 0.335 e. The third-order valence-electron chi connectivity index (χ3n) is 2.39. The fraction of sp³-hybridized carbons (Fsp3) is 0.909. The van der Waals surface area contributed by atoms with Gasteiger partial charge >= 0.3 is 5.97 Å². The van der Waals surface area contributed by atoms with Crippen LogP contribution in [0, 0.1) is 0 Å². The van der Waals surface area contributed by atoms with Crippen molar-refractivity contribution in [2.75, 3.05) is 39.6 Å². The van der Waals surface area contributed by atoms with Gasteiger partial charge in [-0.2, -0.15) is 0 Å². The molecule has 0 bridgehead atoms. The Morgan fingerprint density at radius 3 is 2.75 bits per heavy atom. The van der Waals surface area contributed by atoms with E-state index in [4.69, 9.17) is 14.2 Å². The largest absolute Gasteiger partial charge is 0.464 e. The molecule has 1 unspecified atom stereocenters. The molecule has 1 aliphatic heterocycles. The van der Waals surface area contributed by atoms with E-state index < -0.39 is 6.10 Å². The minimum atomic E-state index is -0.491. The molecule has 0 spiro atoms. The van der Waals surface area contributed by atoms with Gasteiger partial charge in [0.05, 0.1) is 19.8 Å². The molecule has 0 aromatic rings. The summed E-state index contributed by atoms with van der Waals surface area (Å²) >= 11 is 0. The molecule has 0 radical (unpaired) electrons. The van der Waals surface area contributed by atoms with Crippen molar-refractivity contribution in [3.05, 3.63) is 0 Å². The molecular formula is C11H21NO4. The highest BCUT2D eigenvalue weighted by Gasteiger charge is 2.17. The Morgan fingerprint density at radius 1 is 1.44 bits per heavy atom. The number of rotatable bonds is 6.